The second-order valence-corrected chi connectivity index (χ2v) is 7.58. The van der Waals surface area contributed by atoms with Gasteiger partial charge in [-0.05, 0) is 29.8 Å². The highest BCUT2D eigenvalue weighted by Crippen LogP contribution is 2.32. The number of amides is 1. The lowest BCUT2D eigenvalue weighted by Gasteiger charge is -2.18. The quantitative estimate of drug-likeness (QED) is 0.238. The molecule has 0 fully saturated rings. The Labute approximate surface area is 202 Å². The molecular weight excluding hydrogens is 475 g/mol. The fourth-order valence-electron chi connectivity index (χ4n) is 3.39. The molecule has 0 spiro atoms. The fraction of sp³-hybridized carbons (Fsp3) is 0.0769. The minimum absolute atomic E-state index is 0.0550. The van der Waals surface area contributed by atoms with Gasteiger partial charge in [0.05, 0.1) is 23.0 Å². The molecule has 182 valence electrons. The summed E-state index contributed by atoms with van der Waals surface area (Å²) in [6.07, 6.45) is -3.34. The molecule has 1 aromatic heterocycles. The van der Waals surface area contributed by atoms with E-state index in [1.54, 1.807) is 54.6 Å². The van der Waals surface area contributed by atoms with Gasteiger partial charge in [0.25, 0.3) is 5.91 Å². The predicted molar refractivity (Wildman–Crippen MR) is 128 cm³/mol. The SMILES string of the molecule is O=C(OCC(=O)N(/N=C\c1ccccc1)c1cccc(C(F)(F)F)c1)c1cc(=O)[nH]c2ccccc12. The van der Waals surface area contributed by atoms with Crippen molar-refractivity contribution in [2.45, 2.75) is 6.18 Å². The Morgan fingerprint density at radius 3 is 2.42 bits per heavy atom. The average molecular weight is 493 g/mol. The van der Waals surface area contributed by atoms with Crippen LogP contribution >= 0.6 is 0 Å². The Kier molecular flexibility index (Phi) is 6.95. The van der Waals surface area contributed by atoms with Crippen LogP contribution in [0.4, 0.5) is 18.9 Å². The highest BCUT2D eigenvalue weighted by atomic mass is 19.4. The van der Waals surface area contributed by atoms with Gasteiger partial charge >= 0.3 is 12.1 Å². The van der Waals surface area contributed by atoms with Gasteiger partial charge in [-0.25, -0.2) is 4.79 Å². The lowest BCUT2D eigenvalue weighted by atomic mass is 10.1. The molecule has 1 N–H and O–H groups in total. The molecule has 0 unspecified atom stereocenters. The van der Waals surface area contributed by atoms with Crippen LogP contribution in [-0.4, -0.2) is 29.7 Å². The Morgan fingerprint density at radius 1 is 0.944 bits per heavy atom. The van der Waals surface area contributed by atoms with Crippen molar-refractivity contribution in [3.05, 3.63) is 112 Å². The van der Waals surface area contributed by atoms with Crippen molar-refractivity contribution in [3.63, 3.8) is 0 Å². The minimum atomic E-state index is -4.64. The van der Waals surface area contributed by atoms with E-state index in [2.05, 4.69) is 10.1 Å². The Balaban J connectivity index is 1.61. The summed E-state index contributed by atoms with van der Waals surface area (Å²) in [6, 6.07) is 20.3. The third-order valence-electron chi connectivity index (χ3n) is 5.07. The van der Waals surface area contributed by atoms with Gasteiger partial charge in [-0.15, -0.1) is 0 Å². The molecule has 4 rings (SSSR count). The number of ether oxygens (including phenoxy) is 1. The number of carbonyl (C=O) groups is 2. The van der Waals surface area contributed by atoms with Crippen LogP contribution in [0.15, 0.2) is 94.8 Å². The van der Waals surface area contributed by atoms with Crippen molar-refractivity contribution in [2.75, 3.05) is 11.6 Å². The highest BCUT2D eigenvalue weighted by molar-refractivity contribution is 6.04. The number of nitrogens with one attached hydrogen (secondary N) is 1. The van der Waals surface area contributed by atoms with Crippen molar-refractivity contribution in [3.8, 4) is 0 Å². The van der Waals surface area contributed by atoms with Crippen molar-refractivity contribution in [2.24, 2.45) is 5.10 Å². The lowest BCUT2D eigenvalue weighted by Crippen LogP contribution is -2.31. The number of carbonyl (C=O) groups excluding carboxylic acids is 2. The highest BCUT2D eigenvalue weighted by Gasteiger charge is 2.31. The first-order valence-corrected chi connectivity index (χ1v) is 10.6. The van der Waals surface area contributed by atoms with Crippen LogP contribution in [0, 0.1) is 0 Å². The van der Waals surface area contributed by atoms with Crippen molar-refractivity contribution >= 4 is 34.7 Å². The van der Waals surface area contributed by atoms with Gasteiger partial charge in [0.1, 0.15) is 0 Å². The van der Waals surface area contributed by atoms with Gasteiger partial charge in [0.15, 0.2) is 6.61 Å². The normalized spacial score (nSPS) is 11.5. The number of fused-ring (bicyclic) bond motifs is 1. The van der Waals surface area contributed by atoms with Gasteiger partial charge in [0, 0.05) is 17.0 Å². The van der Waals surface area contributed by atoms with Gasteiger partial charge < -0.3 is 9.72 Å². The third-order valence-corrected chi connectivity index (χ3v) is 5.07. The number of anilines is 1. The maximum atomic E-state index is 13.2. The molecule has 0 bridgehead atoms. The Hall–Kier alpha value is -4.73. The number of hydrogen-bond acceptors (Lipinski definition) is 5. The zero-order chi connectivity index (χ0) is 25.7. The van der Waals surface area contributed by atoms with Crippen LogP contribution in [0.5, 0.6) is 0 Å². The van der Waals surface area contributed by atoms with E-state index in [-0.39, 0.29) is 11.3 Å². The molecule has 3 aromatic carbocycles. The first-order valence-electron chi connectivity index (χ1n) is 10.6. The van der Waals surface area contributed by atoms with Crippen molar-refractivity contribution < 1.29 is 27.5 Å². The van der Waals surface area contributed by atoms with Crippen LogP contribution in [-0.2, 0) is 15.7 Å². The van der Waals surface area contributed by atoms with E-state index >= 15 is 0 Å². The van der Waals surface area contributed by atoms with Crippen LogP contribution in [0.3, 0.4) is 0 Å². The number of rotatable bonds is 6. The summed E-state index contributed by atoms with van der Waals surface area (Å²) < 4.78 is 44.9. The number of hydrogen-bond donors (Lipinski definition) is 1. The van der Waals surface area contributed by atoms with Crippen molar-refractivity contribution in [1.82, 2.24) is 4.98 Å². The molecular formula is C26H18F3N3O4. The molecule has 0 radical (unpaired) electrons. The predicted octanol–water partition coefficient (Wildman–Crippen LogP) is 4.77. The summed E-state index contributed by atoms with van der Waals surface area (Å²) in [4.78, 5) is 40.2. The zero-order valence-electron chi connectivity index (χ0n) is 18.5. The van der Waals surface area contributed by atoms with Crippen molar-refractivity contribution in [1.29, 1.82) is 0 Å². The zero-order valence-corrected chi connectivity index (χ0v) is 18.5. The summed E-state index contributed by atoms with van der Waals surface area (Å²) >= 11 is 0. The largest absolute Gasteiger partial charge is 0.452 e. The van der Waals surface area contributed by atoms with E-state index < -0.39 is 35.8 Å². The van der Waals surface area contributed by atoms with E-state index in [9.17, 15) is 27.6 Å². The molecule has 0 aliphatic rings. The Bertz CT molecular complexity index is 1500. The van der Waals surface area contributed by atoms with E-state index in [4.69, 9.17) is 4.74 Å². The molecule has 0 saturated heterocycles. The molecule has 4 aromatic rings. The van der Waals surface area contributed by atoms with E-state index in [0.29, 0.717) is 16.5 Å². The van der Waals surface area contributed by atoms with E-state index in [1.165, 1.54) is 12.3 Å². The van der Waals surface area contributed by atoms with Crippen LogP contribution in [0.2, 0.25) is 0 Å². The second kappa shape index (κ2) is 10.3. The van der Waals surface area contributed by atoms with Crippen LogP contribution < -0.4 is 10.6 Å². The number of esters is 1. The van der Waals surface area contributed by atoms with Gasteiger partial charge in [-0.1, -0.05) is 54.6 Å². The molecule has 36 heavy (non-hydrogen) atoms. The topological polar surface area (TPSA) is 91.8 Å². The number of pyridine rings is 1. The third kappa shape index (κ3) is 5.66. The average Bonchev–Trinajstić information content (AvgIpc) is 2.87. The number of para-hydroxylation sites is 1. The molecule has 0 aliphatic carbocycles. The van der Waals surface area contributed by atoms with E-state index in [0.717, 1.165) is 29.3 Å². The Morgan fingerprint density at radius 2 is 1.67 bits per heavy atom. The molecule has 10 heteroatoms. The molecule has 1 amide bonds. The number of H-pyrrole nitrogens is 1. The monoisotopic (exact) mass is 493 g/mol. The molecule has 0 atom stereocenters. The van der Waals surface area contributed by atoms with E-state index in [1.807, 2.05) is 0 Å². The van der Waals surface area contributed by atoms with Gasteiger partial charge in [-0.2, -0.15) is 23.3 Å². The molecule has 0 aliphatic heterocycles. The van der Waals surface area contributed by atoms with Crippen LogP contribution in [0.1, 0.15) is 21.5 Å². The summed E-state index contributed by atoms with van der Waals surface area (Å²) in [5.41, 5.74) is -0.736. The number of nitrogens with zero attached hydrogens (tertiary/aromatic N) is 2. The number of aromatic nitrogens is 1. The number of hydrazone groups is 1. The summed E-state index contributed by atoms with van der Waals surface area (Å²) in [5.74, 6) is -1.84. The minimum Gasteiger partial charge on any atom is -0.452 e. The number of benzene rings is 3. The number of halogens is 3. The standard InChI is InChI=1S/C26H18F3N3O4/c27-26(28,29)18-9-6-10-19(13-18)32(30-15-17-7-2-1-3-8-17)24(34)16-36-25(35)21-14-23(33)31-22-12-5-4-11-20(21)22/h1-15H,16H2,(H,31,33)/b30-15-. The maximum Gasteiger partial charge on any atom is 0.416 e. The first kappa shape index (κ1) is 24.4. The summed E-state index contributed by atoms with van der Waals surface area (Å²) in [7, 11) is 0. The summed E-state index contributed by atoms with van der Waals surface area (Å²) in [6.45, 7) is -0.831. The number of aromatic amines is 1. The number of alkyl halides is 3. The van der Waals surface area contributed by atoms with Gasteiger partial charge in [-0.3, -0.25) is 9.59 Å². The maximum absolute atomic E-state index is 13.2. The van der Waals surface area contributed by atoms with Gasteiger partial charge in [0.2, 0.25) is 5.56 Å². The molecule has 0 saturated carbocycles. The summed E-state index contributed by atoms with van der Waals surface area (Å²) in [5, 5.41) is 5.18. The lowest BCUT2D eigenvalue weighted by molar-refractivity contribution is -0.137. The van der Waals surface area contributed by atoms with Crippen LogP contribution in [0.25, 0.3) is 10.9 Å². The molecule has 7 nitrogen and oxygen atoms in total. The second-order valence-electron chi connectivity index (χ2n) is 7.58. The first-order chi connectivity index (χ1) is 17.2. The fourth-order valence-corrected chi connectivity index (χ4v) is 3.39. The smallest absolute Gasteiger partial charge is 0.416 e. The molecule has 1 heterocycles.